The number of fused-ring (bicyclic) bond motifs is 1. The molecule has 2 aromatic rings. The van der Waals surface area contributed by atoms with Gasteiger partial charge >= 0.3 is 0 Å². The zero-order chi connectivity index (χ0) is 6.97. The molecule has 0 aromatic carbocycles. The highest BCUT2D eigenvalue weighted by Crippen LogP contribution is 2.12. The third-order valence-corrected chi connectivity index (χ3v) is 1.30. The van der Waals surface area contributed by atoms with Gasteiger partial charge in [-0.15, -0.1) is 0 Å². The van der Waals surface area contributed by atoms with Gasteiger partial charge in [0, 0.05) is 0 Å². The second kappa shape index (κ2) is 1.70. The van der Waals surface area contributed by atoms with Crippen molar-refractivity contribution in [3.63, 3.8) is 0 Å². The van der Waals surface area contributed by atoms with Crippen molar-refractivity contribution in [3.8, 4) is 0 Å². The molecule has 0 aliphatic rings. The standard InChI is InChI=1S/C6H5N3O/c1-2-4-6-5(8-7-4)3-10-9-6/h2-3,8H,1H2. The van der Waals surface area contributed by atoms with Gasteiger partial charge in [-0.1, -0.05) is 11.7 Å². The molecule has 4 nitrogen and oxygen atoms in total. The molecule has 0 spiro atoms. The lowest BCUT2D eigenvalue weighted by molar-refractivity contribution is 0.427. The first kappa shape index (κ1) is 5.22. The van der Waals surface area contributed by atoms with Gasteiger partial charge in [0.05, 0.1) is 0 Å². The Morgan fingerprint density at radius 1 is 1.70 bits per heavy atom. The van der Waals surface area contributed by atoms with Crippen molar-refractivity contribution in [3.05, 3.63) is 18.5 Å². The minimum Gasteiger partial charge on any atom is -0.362 e. The maximum atomic E-state index is 4.68. The van der Waals surface area contributed by atoms with Crippen molar-refractivity contribution in [1.29, 1.82) is 0 Å². The normalized spacial score (nSPS) is 10.4. The van der Waals surface area contributed by atoms with E-state index in [2.05, 4.69) is 26.5 Å². The summed E-state index contributed by atoms with van der Waals surface area (Å²) in [4.78, 5) is 0. The number of hydrogen-bond acceptors (Lipinski definition) is 3. The van der Waals surface area contributed by atoms with Gasteiger partial charge in [-0.2, -0.15) is 5.10 Å². The molecule has 0 aliphatic heterocycles. The van der Waals surface area contributed by atoms with Gasteiger partial charge in [0.1, 0.15) is 17.5 Å². The number of nitrogens with zero attached hydrogens (tertiary/aromatic N) is 2. The summed E-state index contributed by atoms with van der Waals surface area (Å²) in [6, 6.07) is 0. The third kappa shape index (κ3) is 0.500. The Kier molecular flexibility index (Phi) is 0.887. The molecular weight excluding hydrogens is 130 g/mol. The number of aromatic nitrogens is 3. The molecule has 10 heavy (non-hydrogen) atoms. The Morgan fingerprint density at radius 2 is 2.60 bits per heavy atom. The van der Waals surface area contributed by atoms with Crippen LogP contribution < -0.4 is 0 Å². The minimum absolute atomic E-state index is 0.726. The van der Waals surface area contributed by atoms with Crippen molar-refractivity contribution < 1.29 is 4.52 Å². The van der Waals surface area contributed by atoms with E-state index in [4.69, 9.17) is 0 Å². The smallest absolute Gasteiger partial charge is 0.159 e. The molecule has 2 rings (SSSR count). The van der Waals surface area contributed by atoms with Crippen LogP contribution in [0.1, 0.15) is 5.69 Å². The van der Waals surface area contributed by atoms with Gasteiger partial charge in [-0.05, 0) is 6.08 Å². The van der Waals surface area contributed by atoms with Crippen molar-refractivity contribution in [1.82, 2.24) is 15.4 Å². The van der Waals surface area contributed by atoms with E-state index >= 15 is 0 Å². The highest BCUT2D eigenvalue weighted by Gasteiger charge is 2.04. The van der Waals surface area contributed by atoms with Crippen LogP contribution in [-0.2, 0) is 0 Å². The van der Waals surface area contributed by atoms with Gasteiger partial charge in [0.2, 0.25) is 0 Å². The molecule has 0 amide bonds. The molecule has 50 valence electrons. The first-order valence-corrected chi connectivity index (χ1v) is 2.82. The predicted octanol–water partition coefficient (Wildman–Crippen LogP) is 1.19. The van der Waals surface area contributed by atoms with Crippen LogP contribution in [0.5, 0.6) is 0 Å². The average molecular weight is 135 g/mol. The van der Waals surface area contributed by atoms with Crippen LogP contribution in [0.15, 0.2) is 17.4 Å². The Balaban J connectivity index is 2.88. The Labute approximate surface area is 56.5 Å². The lowest BCUT2D eigenvalue weighted by atomic mass is 10.4. The van der Waals surface area contributed by atoms with Gasteiger partial charge in [-0.3, -0.25) is 5.10 Å². The number of nitrogens with one attached hydrogen (secondary N) is 1. The zero-order valence-electron chi connectivity index (χ0n) is 5.16. The fraction of sp³-hybridized carbons (Fsp3) is 0. The molecule has 0 atom stereocenters. The van der Waals surface area contributed by atoms with Gasteiger partial charge in [0.25, 0.3) is 0 Å². The molecule has 0 unspecified atom stereocenters. The monoisotopic (exact) mass is 135 g/mol. The van der Waals surface area contributed by atoms with Crippen LogP contribution in [-0.4, -0.2) is 15.4 Å². The summed E-state index contributed by atoms with van der Waals surface area (Å²) in [5.41, 5.74) is 2.26. The lowest BCUT2D eigenvalue weighted by Crippen LogP contribution is -1.71. The van der Waals surface area contributed by atoms with E-state index in [1.807, 2.05) is 0 Å². The molecule has 0 saturated heterocycles. The van der Waals surface area contributed by atoms with Crippen LogP contribution in [0.2, 0.25) is 0 Å². The van der Waals surface area contributed by atoms with Crippen LogP contribution in [0.25, 0.3) is 17.1 Å². The first-order chi connectivity index (χ1) is 4.92. The Bertz CT molecular complexity index is 360. The summed E-state index contributed by atoms with van der Waals surface area (Å²) < 4.78 is 4.68. The summed E-state index contributed by atoms with van der Waals surface area (Å²) in [6.07, 6.45) is 3.14. The predicted molar refractivity (Wildman–Crippen MR) is 36.2 cm³/mol. The number of hydrogen-bond donors (Lipinski definition) is 1. The topological polar surface area (TPSA) is 54.7 Å². The SMILES string of the molecule is C=Cc1n[nH]c2conc12. The summed E-state index contributed by atoms with van der Waals surface area (Å²) in [6.45, 7) is 3.57. The van der Waals surface area contributed by atoms with Crippen LogP contribution >= 0.6 is 0 Å². The van der Waals surface area contributed by atoms with Crippen molar-refractivity contribution in [2.75, 3.05) is 0 Å². The van der Waals surface area contributed by atoms with E-state index in [-0.39, 0.29) is 0 Å². The average Bonchev–Trinajstić information content (AvgIpc) is 2.44. The second-order valence-corrected chi connectivity index (χ2v) is 1.89. The number of H-pyrrole nitrogens is 1. The summed E-state index contributed by atoms with van der Waals surface area (Å²) >= 11 is 0. The van der Waals surface area contributed by atoms with Gasteiger partial charge in [-0.25, -0.2) is 0 Å². The third-order valence-electron chi connectivity index (χ3n) is 1.30. The van der Waals surface area contributed by atoms with Gasteiger partial charge in [0.15, 0.2) is 5.52 Å². The summed E-state index contributed by atoms with van der Waals surface area (Å²) in [7, 11) is 0. The Hall–Kier alpha value is -1.58. The minimum atomic E-state index is 0.726. The number of aromatic amines is 1. The van der Waals surface area contributed by atoms with E-state index in [9.17, 15) is 0 Å². The van der Waals surface area contributed by atoms with E-state index in [0.29, 0.717) is 0 Å². The van der Waals surface area contributed by atoms with Crippen molar-refractivity contribution >= 4 is 17.1 Å². The van der Waals surface area contributed by atoms with Gasteiger partial charge < -0.3 is 4.52 Å². The fourth-order valence-electron chi connectivity index (χ4n) is 0.817. The van der Waals surface area contributed by atoms with Crippen molar-refractivity contribution in [2.24, 2.45) is 0 Å². The summed E-state index contributed by atoms with van der Waals surface area (Å²) in [5, 5.41) is 10.4. The second-order valence-electron chi connectivity index (χ2n) is 1.89. The first-order valence-electron chi connectivity index (χ1n) is 2.82. The molecule has 4 heteroatoms. The van der Waals surface area contributed by atoms with E-state index < -0.39 is 0 Å². The molecule has 2 aromatic heterocycles. The molecule has 0 fully saturated rings. The molecule has 1 N–H and O–H groups in total. The molecule has 2 heterocycles. The molecular formula is C6H5N3O. The van der Waals surface area contributed by atoms with E-state index in [1.165, 1.54) is 6.26 Å². The van der Waals surface area contributed by atoms with Crippen LogP contribution in [0, 0.1) is 0 Å². The maximum absolute atomic E-state index is 4.68. The Morgan fingerprint density at radius 3 is 3.40 bits per heavy atom. The van der Waals surface area contributed by atoms with E-state index in [1.54, 1.807) is 6.08 Å². The highest BCUT2D eigenvalue weighted by atomic mass is 16.5. The zero-order valence-corrected chi connectivity index (χ0v) is 5.16. The maximum Gasteiger partial charge on any atom is 0.159 e. The van der Waals surface area contributed by atoms with Crippen LogP contribution in [0.4, 0.5) is 0 Å². The highest BCUT2D eigenvalue weighted by molar-refractivity contribution is 5.81. The molecule has 0 aliphatic carbocycles. The fourth-order valence-corrected chi connectivity index (χ4v) is 0.817. The molecule has 0 bridgehead atoms. The molecule has 0 radical (unpaired) electrons. The number of rotatable bonds is 1. The van der Waals surface area contributed by atoms with Crippen molar-refractivity contribution in [2.45, 2.75) is 0 Å². The molecule has 0 saturated carbocycles. The lowest BCUT2D eigenvalue weighted by Gasteiger charge is -1.74. The van der Waals surface area contributed by atoms with E-state index in [0.717, 1.165) is 16.7 Å². The van der Waals surface area contributed by atoms with Crippen LogP contribution in [0.3, 0.4) is 0 Å². The summed E-state index contributed by atoms with van der Waals surface area (Å²) in [5.74, 6) is 0. The quantitative estimate of drug-likeness (QED) is 0.639. The largest absolute Gasteiger partial charge is 0.362 e.